The van der Waals surface area contributed by atoms with Gasteiger partial charge in [0.1, 0.15) is 11.7 Å². The van der Waals surface area contributed by atoms with Gasteiger partial charge in [0, 0.05) is 51.5 Å². The van der Waals surface area contributed by atoms with Crippen LogP contribution in [-0.4, -0.2) is 110 Å². The van der Waals surface area contributed by atoms with Gasteiger partial charge < -0.3 is 44.8 Å². The summed E-state index contributed by atoms with van der Waals surface area (Å²) >= 11 is 0. The molecule has 2 atom stereocenters. The lowest BCUT2D eigenvalue weighted by atomic mass is 9.73. The van der Waals surface area contributed by atoms with E-state index in [9.17, 15) is 43.1 Å². The minimum Gasteiger partial charge on any atom is -0.408 e. The van der Waals surface area contributed by atoms with E-state index in [1.165, 1.54) is 18.6 Å². The Kier molecular flexibility index (Phi) is 15.3. The van der Waals surface area contributed by atoms with Crippen molar-refractivity contribution >= 4 is 40.0 Å². The van der Waals surface area contributed by atoms with E-state index in [1.807, 2.05) is 49.1 Å². The van der Waals surface area contributed by atoms with Crippen LogP contribution in [0.1, 0.15) is 49.2 Å². The highest BCUT2D eigenvalue weighted by molar-refractivity contribution is 7.70. The Bertz CT molecular complexity index is 1400. The molecule has 0 bridgehead atoms. The highest BCUT2D eigenvalue weighted by atomic mass is 31.2. The van der Waals surface area contributed by atoms with E-state index in [0.29, 0.717) is 26.1 Å². The third-order valence-electron chi connectivity index (χ3n) is 7.27. The largest absolute Gasteiger partial charge is 0.480 e. The van der Waals surface area contributed by atoms with Gasteiger partial charge in [0.05, 0.1) is 12.1 Å². The van der Waals surface area contributed by atoms with E-state index >= 15 is 0 Å². The van der Waals surface area contributed by atoms with Gasteiger partial charge in [-0.3, -0.25) is 33.4 Å². The predicted molar refractivity (Wildman–Crippen MR) is 174 cm³/mol. The van der Waals surface area contributed by atoms with Gasteiger partial charge in [-0.25, -0.2) is 4.98 Å². The van der Waals surface area contributed by atoms with Crippen molar-refractivity contribution in [1.29, 1.82) is 0 Å². The Morgan fingerprint density at radius 2 is 1.60 bits per heavy atom. The second-order valence-electron chi connectivity index (χ2n) is 11.7. The number of nitrogens with zero attached hydrogens (tertiary/aromatic N) is 3. The molecule has 0 unspecified atom stereocenters. The van der Waals surface area contributed by atoms with Gasteiger partial charge in [-0.1, -0.05) is 44.2 Å². The summed E-state index contributed by atoms with van der Waals surface area (Å²) in [5.41, 5.74) is -1.68. The van der Waals surface area contributed by atoms with Crippen LogP contribution in [0.2, 0.25) is 0 Å². The zero-order valence-electron chi connectivity index (χ0n) is 26.8. The summed E-state index contributed by atoms with van der Waals surface area (Å²) < 4.78 is 34.9. The zero-order chi connectivity index (χ0) is 35.3. The molecule has 7 N–H and O–H groups in total. The SMILES string of the molecule is CC(C)C[C@@H](NC(=O)[C@@H](Cc1ccccc1)NC(=O)c1cnccn1)B1OCCN(CCCC(=O)NC(P(=O)(O)O)P(=O)(O)O)CCO1. The Morgan fingerprint density at radius 1 is 0.958 bits per heavy atom. The monoisotopic (exact) mass is 712 g/mol. The second kappa shape index (κ2) is 18.6. The summed E-state index contributed by atoms with van der Waals surface area (Å²) in [6, 6.07) is 8.34. The topological polar surface area (TPSA) is 250 Å². The van der Waals surface area contributed by atoms with Crippen molar-refractivity contribution in [3.63, 3.8) is 0 Å². The first-order valence-electron chi connectivity index (χ1n) is 15.4. The summed E-state index contributed by atoms with van der Waals surface area (Å²) in [4.78, 5) is 85.5. The number of carbonyl (C=O) groups excluding carboxylic acids is 3. The fourth-order valence-electron chi connectivity index (χ4n) is 4.99. The quantitative estimate of drug-likeness (QED) is 0.0912. The molecule has 1 aromatic carbocycles. The molecule has 0 aliphatic carbocycles. The second-order valence-corrected chi connectivity index (χ2v) is 15.5. The molecule has 1 aliphatic rings. The highest BCUT2D eigenvalue weighted by Gasteiger charge is 2.44. The first-order chi connectivity index (χ1) is 22.6. The van der Waals surface area contributed by atoms with Crippen molar-refractivity contribution in [1.82, 2.24) is 30.8 Å². The van der Waals surface area contributed by atoms with Crippen LogP contribution in [0.3, 0.4) is 0 Å². The summed E-state index contributed by atoms with van der Waals surface area (Å²) in [7, 11) is -11.3. The molecule has 2 heterocycles. The fraction of sp³-hybridized carbons (Fsp3) is 0.536. The molecular formula is C28H43BN6O11P2. The Hall–Kier alpha value is -3.05. The standard InChI is InChI=1S/C28H43BN6O11P2/c1-20(2)17-24(33-26(37)22(18-21-7-4-3-5-8-21)32-27(38)23-19-30-10-11-31-23)29-45-15-13-35(14-16-46-29)12-6-9-25(36)34-28(47(39,40)41)48(42,43)44/h3-5,7-8,10-11,19-20,22,24,28H,6,9,12-18H2,1-2H3,(H,32,38)(H,33,37)(H,34,36)(H2,39,40,41)(H2,42,43,44)/t22-,24-/m1/s1. The van der Waals surface area contributed by atoms with Gasteiger partial charge in [0.25, 0.3) is 5.91 Å². The molecule has 3 rings (SSSR count). The molecule has 1 aliphatic heterocycles. The molecule has 17 nitrogen and oxygen atoms in total. The average Bonchev–Trinajstić information content (AvgIpc) is 2.99. The minimum absolute atomic E-state index is 0.0745. The van der Waals surface area contributed by atoms with E-state index in [2.05, 4.69) is 20.6 Å². The van der Waals surface area contributed by atoms with E-state index in [1.54, 1.807) is 5.32 Å². The lowest BCUT2D eigenvalue weighted by molar-refractivity contribution is -0.123. The van der Waals surface area contributed by atoms with Crippen molar-refractivity contribution in [2.75, 3.05) is 32.8 Å². The van der Waals surface area contributed by atoms with Crippen LogP contribution in [0, 0.1) is 5.92 Å². The van der Waals surface area contributed by atoms with Crippen LogP contribution in [0.4, 0.5) is 0 Å². The summed E-state index contributed by atoms with van der Waals surface area (Å²) in [5, 5.41) is 7.55. The number of benzene rings is 1. The molecule has 20 heteroatoms. The number of nitrogens with one attached hydrogen (secondary N) is 3. The molecule has 1 aromatic heterocycles. The van der Waals surface area contributed by atoms with Gasteiger partial charge in [-0.05, 0) is 30.9 Å². The maximum atomic E-state index is 13.7. The molecule has 0 saturated carbocycles. The van der Waals surface area contributed by atoms with Gasteiger partial charge >= 0.3 is 22.3 Å². The van der Waals surface area contributed by atoms with E-state index in [-0.39, 0.29) is 44.1 Å². The first kappa shape index (κ1) is 39.4. The molecule has 1 fully saturated rings. The van der Waals surface area contributed by atoms with E-state index in [0.717, 1.165) is 5.56 Å². The molecule has 3 amide bonds. The molecular weight excluding hydrogens is 669 g/mol. The number of hydrogen-bond acceptors (Lipinski definition) is 10. The van der Waals surface area contributed by atoms with Crippen molar-refractivity contribution in [2.45, 2.75) is 57.0 Å². The van der Waals surface area contributed by atoms with Gasteiger partial charge in [-0.2, -0.15) is 0 Å². The normalized spacial score (nSPS) is 16.1. The summed E-state index contributed by atoms with van der Waals surface area (Å²) in [5.74, 6) is -2.25. The third-order valence-corrected chi connectivity index (χ3v) is 10.6. The average molecular weight is 712 g/mol. The number of carbonyl (C=O) groups is 3. The number of hydrogen-bond donors (Lipinski definition) is 7. The molecule has 48 heavy (non-hydrogen) atoms. The Balaban J connectivity index is 1.58. The Morgan fingerprint density at radius 3 is 2.17 bits per heavy atom. The molecule has 1 saturated heterocycles. The van der Waals surface area contributed by atoms with Crippen LogP contribution >= 0.6 is 15.2 Å². The molecule has 0 spiro atoms. The Labute approximate surface area is 279 Å². The van der Waals surface area contributed by atoms with Crippen LogP contribution in [0.5, 0.6) is 0 Å². The van der Waals surface area contributed by atoms with Crippen molar-refractivity contribution in [3.05, 3.63) is 60.2 Å². The van der Waals surface area contributed by atoms with Crippen LogP contribution < -0.4 is 16.0 Å². The van der Waals surface area contributed by atoms with Crippen LogP contribution in [0.25, 0.3) is 0 Å². The molecule has 0 radical (unpaired) electrons. The smallest absolute Gasteiger partial charge is 0.408 e. The van der Waals surface area contributed by atoms with Crippen molar-refractivity contribution in [3.8, 4) is 0 Å². The van der Waals surface area contributed by atoms with Crippen molar-refractivity contribution < 1.29 is 52.4 Å². The van der Waals surface area contributed by atoms with Gasteiger partial charge in [0.15, 0.2) is 0 Å². The van der Waals surface area contributed by atoms with Crippen LogP contribution in [0.15, 0.2) is 48.9 Å². The lowest BCUT2D eigenvalue weighted by Gasteiger charge is -2.32. The maximum Gasteiger partial charge on any atom is 0.480 e. The molecule has 2 aromatic rings. The predicted octanol–water partition coefficient (Wildman–Crippen LogP) is 0.260. The first-order valence-corrected chi connectivity index (χ1v) is 18.8. The number of rotatable bonds is 16. The summed E-state index contributed by atoms with van der Waals surface area (Å²) in [6.45, 7) is 5.70. The fourth-order valence-corrected chi connectivity index (χ4v) is 7.18. The van der Waals surface area contributed by atoms with Crippen molar-refractivity contribution in [2.24, 2.45) is 5.92 Å². The van der Waals surface area contributed by atoms with E-state index in [4.69, 9.17) is 9.31 Å². The summed E-state index contributed by atoms with van der Waals surface area (Å²) in [6.07, 6.45) is 4.91. The number of aromatic nitrogens is 2. The lowest BCUT2D eigenvalue weighted by Crippen LogP contribution is -2.57. The van der Waals surface area contributed by atoms with Gasteiger partial charge in [0.2, 0.25) is 17.3 Å². The number of amides is 3. The highest BCUT2D eigenvalue weighted by Crippen LogP contribution is 2.58. The van der Waals surface area contributed by atoms with Gasteiger partial charge in [-0.15, -0.1) is 0 Å². The zero-order valence-corrected chi connectivity index (χ0v) is 28.5. The minimum atomic E-state index is -5.28. The maximum absolute atomic E-state index is 13.7. The third kappa shape index (κ3) is 13.5. The van der Waals surface area contributed by atoms with E-state index < -0.39 is 57.5 Å². The molecule has 264 valence electrons. The van der Waals surface area contributed by atoms with Crippen LogP contribution in [-0.2, 0) is 34.4 Å².